The number of nitrogens with zero attached hydrogens (tertiary/aromatic N) is 3. The van der Waals surface area contributed by atoms with Crippen LogP contribution in [0.5, 0.6) is 23.0 Å². The summed E-state index contributed by atoms with van der Waals surface area (Å²) >= 11 is 0. The zero-order valence-electron chi connectivity index (χ0n) is 32.6. The molecular weight excluding hydrogens is 723 g/mol. The summed E-state index contributed by atoms with van der Waals surface area (Å²) in [6.45, 7) is 4.54. The molecule has 280 valence electrons. The summed E-state index contributed by atoms with van der Waals surface area (Å²) < 4.78 is 13.4. The number of benzene rings is 8. The highest BCUT2D eigenvalue weighted by molar-refractivity contribution is 5.89. The van der Waals surface area contributed by atoms with Crippen LogP contribution >= 0.6 is 0 Å². The van der Waals surface area contributed by atoms with Crippen LogP contribution in [-0.2, 0) is 5.41 Å². The molecule has 0 spiro atoms. The summed E-state index contributed by atoms with van der Waals surface area (Å²) in [4.78, 5) is 15.5. The summed E-state index contributed by atoms with van der Waals surface area (Å²) in [5, 5.41) is 0. The van der Waals surface area contributed by atoms with E-state index in [9.17, 15) is 0 Å². The predicted molar refractivity (Wildman–Crippen MR) is 237 cm³/mol. The Morgan fingerprint density at radius 1 is 0.339 bits per heavy atom. The maximum atomic E-state index is 6.73. The fourth-order valence-electron chi connectivity index (χ4n) is 8.61. The first-order valence-corrected chi connectivity index (χ1v) is 19.9. The van der Waals surface area contributed by atoms with Crippen LogP contribution in [0.15, 0.2) is 188 Å². The van der Waals surface area contributed by atoms with Crippen molar-refractivity contribution < 1.29 is 9.47 Å². The van der Waals surface area contributed by atoms with E-state index >= 15 is 0 Å². The molecule has 8 aromatic carbocycles. The quantitative estimate of drug-likeness (QED) is 0.169. The van der Waals surface area contributed by atoms with Crippen molar-refractivity contribution >= 4 is 0 Å². The van der Waals surface area contributed by atoms with Crippen molar-refractivity contribution in [2.24, 2.45) is 0 Å². The van der Waals surface area contributed by atoms with Crippen LogP contribution in [-0.4, -0.2) is 15.0 Å². The number of hydrogen-bond acceptors (Lipinski definition) is 5. The minimum Gasteiger partial charge on any atom is -0.449 e. The van der Waals surface area contributed by atoms with Gasteiger partial charge in [0.1, 0.15) is 0 Å². The van der Waals surface area contributed by atoms with Crippen molar-refractivity contribution in [3.8, 4) is 102 Å². The molecule has 0 unspecified atom stereocenters. The second kappa shape index (κ2) is 13.8. The van der Waals surface area contributed by atoms with E-state index in [4.69, 9.17) is 24.4 Å². The lowest BCUT2D eigenvalue weighted by molar-refractivity contribution is 0.360. The molecule has 0 atom stereocenters. The van der Waals surface area contributed by atoms with Crippen molar-refractivity contribution in [2.75, 3.05) is 0 Å². The molecule has 0 N–H and O–H groups in total. The van der Waals surface area contributed by atoms with Gasteiger partial charge < -0.3 is 9.47 Å². The van der Waals surface area contributed by atoms with Gasteiger partial charge in [-0.05, 0) is 80.4 Å². The van der Waals surface area contributed by atoms with E-state index in [-0.39, 0.29) is 5.41 Å². The van der Waals surface area contributed by atoms with Gasteiger partial charge in [0, 0.05) is 27.7 Å². The molecular formula is C54H37N3O2. The van der Waals surface area contributed by atoms with Crippen molar-refractivity contribution in [1.29, 1.82) is 0 Å². The molecule has 1 aliphatic heterocycles. The van der Waals surface area contributed by atoms with Gasteiger partial charge in [-0.15, -0.1) is 0 Å². The normalized spacial score (nSPS) is 13.0. The minimum absolute atomic E-state index is 0.137. The van der Waals surface area contributed by atoms with Gasteiger partial charge in [0.2, 0.25) is 0 Å². The topological polar surface area (TPSA) is 57.1 Å². The molecule has 11 rings (SSSR count). The third kappa shape index (κ3) is 5.98. The second-order valence-corrected chi connectivity index (χ2v) is 15.6. The highest BCUT2D eigenvalue weighted by Crippen LogP contribution is 2.58. The van der Waals surface area contributed by atoms with E-state index in [1.54, 1.807) is 0 Å². The molecule has 9 aromatic rings. The highest BCUT2D eigenvalue weighted by atomic mass is 16.6. The Hall–Kier alpha value is -7.63. The van der Waals surface area contributed by atoms with E-state index < -0.39 is 0 Å². The molecule has 0 fully saturated rings. The Balaban J connectivity index is 1.02. The number of hydrogen-bond donors (Lipinski definition) is 0. The van der Waals surface area contributed by atoms with E-state index in [1.807, 2.05) is 36.4 Å². The zero-order valence-corrected chi connectivity index (χ0v) is 32.6. The Morgan fingerprint density at radius 2 is 0.864 bits per heavy atom. The first-order chi connectivity index (χ1) is 29.0. The predicted octanol–water partition coefficient (Wildman–Crippen LogP) is 14.1. The Morgan fingerprint density at radius 3 is 1.53 bits per heavy atom. The smallest absolute Gasteiger partial charge is 0.178 e. The van der Waals surface area contributed by atoms with E-state index in [0.717, 1.165) is 61.4 Å². The largest absolute Gasteiger partial charge is 0.449 e. The molecule has 0 radical (unpaired) electrons. The first-order valence-electron chi connectivity index (χ1n) is 19.9. The van der Waals surface area contributed by atoms with Gasteiger partial charge in [-0.2, -0.15) is 0 Å². The van der Waals surface area contributed by atoms with Gasteiger partial charge in [0.15, 0.2) is 40.5 Å². The summed E-state index contributed by atoms with van der Waals surface area (Å²) in [7, 11) is 0. The van der Waals surface area contributed by atoms with Crippen LogP contribution in [0.4, 0.5) is 0 Å². The maximum Gasteiger partial charge on any atom is 0.178 e. The zero-order chi connectivity index (χ0) is 39.5. The Kier molecular flexibility index (Phi) is 8.09. The lowest BCUT2D eigenvalue weighted by atomic mass is 9.82. The average Bonchev–Trinajstić information content (AvgIpc) is 3.54. The fraction of sp³-hybridized carbons (Fsp3) is 0.0556. The molecule has 1 aromatic heterocycles. The van der Waals surface area contributed by atoms with E-state index in [1.165, 1.54) is 16.7 Å². The summed E-state index contributed by atoms with van der Waals surface area (Å²) in [5.74, 6) is 4.57. The van der Waals surface area contributed by atoms with Gasteiger partial charge in [-0.1, -0.05) is 172 Å². The molecule has 5 nitrogen and oxygen atoms in total. The second-order valence-electron chi connectivity index (χ2n) is 15.6. The number of fused-ring (bicyclic) bond motifs is 6. The molecule has 0 amide bonds. The lowest BCUT2D eigenvalue weighted by Crippen LogP contribution is -2.15. The molecule has 0 saturated heterocycles. The number of ether oxygens (including phenoxy) is 2. The molecule has 2 aliphatic rings. The summed E-state index contributed by atoms with van der Waals surface area (Å²) in [5.41, 5.74) is 13.7. The van der Waals surface area contributed by atoms with Crippen molar-refractivity contribution in [1.82, 2.24) is 15.0 Å². The van der Waals surface area contributed by atoms with Crippen LogP contribution in [0.25, 0.3) is 78.7 Å². The van der Waals surface area contributed by atoms with Crippen LogP contribution in [0.3, 0.4) is 0 Å². The standard InChI is InChI=1S/C54H37N3O2/c1-54(2)44-26-12-11-25-43(44)49-45(54)28-30-47-50(49)59-46-29-27-38(33-48(46)58-47)41-23-9-10-24-42(41)53-56-51(39-21-13-19-36(31-39)34-15-5-3-6-16-34)55-52(57-53)40-22-14-20-37(32-40)35-17-7-4-8-18-35/h3-33H,1-2H3. The van der Waals surface area contributed by atoms with Crippen LogP contribution in [0.2, 0.25) is 0 Å². The average molecular weight is 760 g/mol. The van der Waals surface area contributed by atoms with Crippen LogP contribution < -0.4 is 9.47 Å². The van der Waals surface area contributed by atoms with Crippen molar-refractivity contribution in [2.45, 2.75) is 19.3 Å². The fourth-order valence-corrected chi connectivity index (χ4v) is 8.61. The first kappa shape index (κ1) is 34.6. The molecule has 0 bridgehead atoms. The van der Waals surface area contributed by atoms with E-state index in [2.05, 4.69) is 166 Å². The maximum absolute atomic E-state index is 6.73. The molecule has 0 saturated carbocycles. The Bertz CT molecular complexity index is 2980. The molecule has 59 heavy (non-hydrogen) atoms. The van der Waals surface area contributed by atoms with Crippen molar-refractivity contribution in [3.63, 3.8) is 0 Å². The molecule has 1 aliphatic carbocycles. The summed E-state index contributed by atoms with van der Waals surface area (Å²) in [6.07, 6.45) is 0. The third-order valence-electron chi connectivity index (χ3n) is 11.6. The van der Waals surface area contributed by atoms with Crippen LogP contribution in [0, 0.1) is 0 Å². The monoisotopic (exact) mass is 759 g/mol. The van der Waals surface area contributed by atoms with Gasteiger partial charge in [-0.25, -0.2) is 15.0 Å². The molecule has 5 heteroatoms. The number of aromatic nitrogens is 3. The van der Waals surface area contributed by atoms with Gasteiger partial charge in [0.05, 0.1) is 0 Å². The van der Waals surface area contributed by atoms with Gasteiger partial charge >= 0.3 is 0 Å². The molecule has 2 heterocycles. The lowest BCUT2D eigenvalue weighted by Gasteiger charge is -2.25. The van der Waals surface area contributed by atoms with Crippen molar-refractivity contribution in [3.05, 3.63) is 199 Å². The van der Waals surface area contributed by atoms with E-state index in [0.29, 0.717) is 34.7 Å². The number of rotatable bonds is 6. The minimum atomic E-state index is -0.137. The van der Waals surface area contributed by atoms with Gasteiger partial charge in [-0.3, -0.25) is 0 Å². The highest BCUT2D eigenvalue weighted by Gasteiger charge is 2.39. The van der Waals surface area contributed by atoms with Crippen LogP contribution in [0.1, 0.15) is 25.0 Å². The Labute approximate surface area is 343 Å². The SMILES string of the molecule is CC1(C)c2ccccc2-c2c1ccc1c2Oc2ccc(-c3ccccc3-c3nc(-c4cccc(-c5ccccc5)c4)nc(-c4cccc(-c5ccccc5)c4)n3)cc2O1. The van der Waals surface area contributed by atoms with Gasteiger partial charge in [0.25, 0.3) is 0 Å². The third-order valence-corrected chi connectivity index (χ3v) is 11.6. The summed E-state index contributed by atoms with van der Waals surface area (Å²) in [6, 6.07) is 64.8.